The van der Waals surface area contributed by atoms with Gasteiger partial charge in [-0.1, -0.05) is 48.8 Å². The number of aliphatic hydroxyl groups is 1. The van der Waals surface area contributed by atoms with Crippen LogP contribution in [0.1, 0.15) is 44.7 Å². The Kier molecular flexibility index (Phi) is 6.78. The fourth-order valence-corrected chi connectivity index (χ4v) is 4.29. The molecule has 1 heterocycles. The van der Waals surface area contributed by atoms with Crippen molar-refractivity contribution >= 4 is 30.2 Å². The predicted octanol–water partition coefficient (Wildman–Crippen LogP) is 5.10. The van der Waals surface area contributed by atoms with E-state index in [-0.39, 0.29) is 16.9 Å². The third kappa shape index (κ3) is 4.91. The number of cyclic esters (lactones) is 1. The minimum absolute atomic E-state index is 0.0745. The molecule has 1 aromatic carbocycles. The van der Waals surface area contributed by atoms with Crippen LogP contribution in [0.2, 0.25) is 18.1 Å². The Morgan fingerprint density at radius 2 is 1.93 bits per heavy atom. The van der Waals surface area contributed by atoms with Gasteiger partial charge in [-0.25, -0.2) is 4.79 Å². The molecule has 0 spiro atoms. The lowest BCUT2D eigenvalue weighted by atomic mass is 9.88. The third-order valence-corrected chi connectivity index (χ3v) is 11.2. The molecule has 6 heteroatoms. The smallest absolute Gasteiger partial charge is 0.334 e. The summed E-state index contributed by atoms with van der Waals surface area (Å²) in [5.41, 5.74) is 2.60. The molecule has 0 aromatic heterocycles. The SMILES string of the molecule is CC1=C[C@H]([C@H](O)[C@@H](CO[Si](C)(C)C(C)(C)C)c2cccc(Br)c2C)OC1=O. The van der Waals surface area contributed by atoms with E-state index in [4.69, 9.17) is 9.16 Å². The van der Waals surface area contributed by atoms with Crippen molar-refractivity contribution in [3.63, 3.8) is 0 Å². The maximum atomic E-state index is 11.8. The number of carbonyl (C=O) groups excluding carboxylic acids is 1. The number of carbonyl (C=O) groups is 1. The van der Waals surface area contributed by atoms with Gasteiger partial charge in [-0.05, 0) is 55.2 Å². The Labute approximate surface area is 172 Å². The molecule has 0 aliphatic carbocycles. The lowest BCUT2D eigenvalue weighted by molar-refractivity contribution is -0.144. The Morgan fingerprint density at radius 3 is 2.44 bits per heavy atom. The van der Waals surface area contributed by atoms with Crippen LogP contribution in [-0.2, 0) is 14.0 Å². The molecule has 2 rings (SSSR count). The monoisotopic (exact) mass is 454 g/mol. The van der Waals surface area contributed by atoms with E-state index in [1.165, 1.54) is 0 Å². The average molecular weight is 455 g/mol. The summed E-state index contributed by atoms with van der Waals surface area (Å²) in [6, 6.07) is 5.95. The quantitative estimate of drug-likeness (QED) is 0.479. The van der Waals surface area contributed by atoms with Crippen LogP contribution in [0.15, 0.2) is 34.3 Å². The lowest BCUT2D eigenvalue weighted by Gasteiger charge is -2.38. The molecule has 0 bridgehead atoms. The second-order valence-corrected chi connectivity index (χ2v) is 14.5. The normalized spacial score (nSPS) is 20.3. The number of hydrogen-bond donors (Lipinski definition) is 1. The van der Waals surface area contributed by atoms with Gasteiger partial charge in [0.25, 0.3) is 0 Å². The van der Waals surface area contributed by atoms with Crippen LogP contribution in [0.4, 0.5) is 0 Å². The van der Waals surface area contributed by atoms with Crippen molar-refractivity contribution in [2.24, 2.45) is 0 Å². The molecule has 4 nitrogen and oxygen atoms in total. The highest BCUT2D eigenvalue weighted by atomic mass is 79.9. The Hall–Kier alpha value is -0.953. The molecule has 0 fully saturated rings. The van der Waals surface area contributed by atoms with E-state index >= 15 is 0 Å². The van der Waals surface area contributed by atoms with E-state index in [1.54, 1.807) is 13.0 Å². The van der Waals surface area contributed by atoms with Gasteiger partial charge in [-0.2, -0.15) is 0 Å². The third-order valence-electron chi connectivity index (χ3n) is 5.87. The minimum atomic E-state index is -1.99. The summed E-state index contributed by atoms with van der Waals surface area (Å²) >= 11 is 3.58. The number of halogens is 1. The summed E-state index contributed by atoms with van der Waals surface area (Å²) in [6.07, 6.45) is 0.188. The highest BCUT2D eigenvalue weighted by Gasteiger charge is 2.40. The molecule has 0 saturated heterocycles. The fourth-order valence-electron chi connectivity index (χ4n) is 2.88. The van der Waals surface area contributed by atoms with Gasteiger partial charge < -0.3 is 14.3 Å². The van der Waals surface area contributed by atoms with E-state index in [0.717, 1.165) is 15.6 Å². The van der Waals surface area contributed by atoms with Crippen molar-refractivity contribution < 1.29 is 19.1 Å². The molecule has 0 radical (unpaired) electrons. The Balaban J connectivity index is 2.34. The van der Waals surface area contributed by atoms with E-state index < -0.39 is 20.5 Å². The first-order valence-corrected chi connectivity index (χ1v) is 13.0. The van der Waals surface area contributed by atoms with Gasteiger partial charge in [-0.15, -0.1) is 0 Å². The van der Waals surface area contributed by atoms with Gasteiger partial charge in [0.15, 0.2) is 8.32 Å². The molecule has 150 valence electrons. The number of esters is 1. The van der Waals surface area contributed by atoms with Gasteiger partial charge in [0.2, 0.25) is 0 Å². The summed E-state index contributed by atoms with van der Waals surface area (Å²) in [5, 5.41) is 11.2. The Bertz CT molecular complexity index is 736. The van der Waals surface area contributed by atoms with E-state index in [9.17, 15) is 9.90 Å². The van der Waals surface area contributed by atoms with Crippen molar-refractivity contribution in [3.8, 4) is 0 Å². The zero-order chi connectivity index (χ0) is 20.6. The number of hydrogen-bond acceptors (Lipinski definition) is 4. The summed E-state index contributed by atoms with van der Waals surface area (Å²) in [4.78, 5) is 11.8. The fraction of sp³-hybridized carbons (Fsp3) is 0.571. The van der Waals surface area contributed by atoms with Crippen LogP contribution in [-0.4, -0.2) is 38.2 Å². The lowest BCUT2D eigenvalue weighted by Crippen LogP contribution is -2.44. The molecule has 1 aliphatic heterocycles. The molecule has 1 aliphatic rings. The summed E-state index contributed by atoms with van der Waals surface area (Å²) in [5.74, 6) is -0.661. The van der Waals surface area contributed by atoms with Crippen LogP contribution in [0.3, 0.4) is 0 Å². The highest BCUT2D eigenvalue weighted by Crippen LogP contribution is 2.39. The van der Waals surface area contributed by atoms with E-state index in [1.807, 2.05) is 25.1 Å². The van der Waals surface area contributed by atoms with E-state index in [0.29, 0.717) is 12.2 Å². The minimum Gasteiger partial charge on any atom is -0.452 e. The van der Waals surface area contributed by atoms with Crippen molar-refractivity contribution in [1.29, 1.82) is 0 Å². The number of ether oxygens (including phenoxy) is 1. The van der Waals surface area contributed by atoms with Crippen LogP contribution < -0.4 is 0 Å². The molecule has 0 amide bonds. The van der Waals surface area contributed by atoms with Gasteiger partial charge in [0.1, 0.15) is 12.2 Å². The second-order valence-electron chi connectivity index (χ2n) is 8.84. The van der Waals surface area contributed by atoms with Crippen LogP contribution >= 0.6 is 15.9 Å². The molecule has 1 N–H and O–H groups in total. The van der Waals surface area contributed by atoms with Crippen molar-refractivity contribution in [1.82, 2.24) is 0 Å². The van der Waals surface area contributed by atoms with Gasteiger partial charge in [0.05, 0.1) is 0 Å². The molecular formula is C21H31BrO4Si. The van der Waals surface area contributed by atoms with Crippen molar-refractivity contribution in [2.45, 2.75) is 70.9 Å². The van der Waals surface area contributed by atoms with Crippen molar-refractivity contribution in [2.75, 3.05) is 6.61 Å². The van der Waals surface area contributed by atoms with Crippen LogP contribution in [0.25, 0.3) is 0 Å². The highest BCUT2D eigenvalue weighted by molar-refractivity contribution is 9.10. The maximum absolute atomic E-state index is 11.8. The van der Waals surface area contributed by atoms with E-state index in [2.05, 4.69) is 49.8 Å². The summed E-state index contributed by atoms with van der Waals surface area (Å²) < 4.78 is 12.8. The molecular weight excluding hydrogens is 424 g/mol. The Morgan fingerprint density at radius 1 is 1.30 bits per heavy atom. The largest absolute Gasteiger partial charge is 0.452 e. The molecule has 0 saturated carbocycles. The maximum Gasteiger partial charge on any atom is 0.334 e. The molecule has 3 atom stereocenters. The summed E-state index contributed by atoms with van der Waals surface area (Å²) in [7, 11) is -1.99. The zero-order valence-electron chi connectivity index (χ0n) is 17.3. The predicted molar refractivity (Wildman–Crippen MR) is 114 cm³/mol. The number of rotatable bonds is 6. The zero-order valence-corrected chi connectivity index (χ0v) is 19.9. The van der Waals surface area contributed by atoms with Crippen LogP contribution in [0.5, 0.6) is 0 Å². The van der Waals surface area contributed by atoms with Gasteiger partial charge in [-0.3, -0.25) is 0 Å². The van der Waals surface area contributed by atoms with Crippen molar-refractivity contribution in [3.05, 3.63) is 45.4 Å². The topological polar surface area (TPSA) is 55.8 Å². The first-order chi connectivity index (χ1) is 12.3. The standard InChI is InChI=1S/C21H31BrO4Si/c1-13-11-18(26-20(13)24)19(23)16(12-25-27(6,7)21(3,4)5)15-9-8-10-17(22)14(15)2/h8-11,16,18-19,23H,12H2,1-7H3/t16-,18+,19+/m0/s1. The first kappa shape index (κ1) is 22.3. The second kappa shape index (κ2) is 8.19. The first-order valence-electron chi connectivity index (χ1n) is 9.31. The van der Waals surface area contributed by atoms with Gasteiger partial charge >= 0.3 is 5.97 Å². The number of aliphatic hydroxyl groups excluding tert-OH is 1. The summed E-state index contributed by atoms with van der Waals surface area (Å²) in [6.45, 7) is 15.1. The molecule has 27 heavy (non-hydrogen) atoms. The van der Waals surface area contributed by atoms with Gasteiger partial charge in [0, 0.05) is 22.6 Å². The number of benzene rings is 1. The average Bonchev–Trinajstić information content (AvgIpc) is 2.89. The molecule has 0 unspecified atom stereocenters. The van der Waals surface area contributed by atoms with Crippen LogP contribution in [0, 0.1) is 6.92 Å². The molecule has 1 aromatic rings.